The van der Waals surface area contributed by atoms with Gasteiger partial charge in [0, 0.05) is 32.5 Å². The monoisotopic (exact) mass is 447 g/mol. The normalized spacial score (nSPS) is 15.2. The topological polar surface area (TPSA) is 106 Å². The maximum Gasteiger partial charge on any atom is 0.350 e. The summed E-state index contributed by atoms with van der Waals surface area (Å²) in [5.41, 5.74) is 0.696. The number of aromatic nitrogens is 4. The van der Waals surface area contributed by atoms with Gasteiger partial charge in [0.05, 0.1) is 18.3 Å². The highest BCUT2D eigenvalue weighted by Crippen LogP contribution is 2.24. The molecule has 170 valence electrons. The number of ether oxygens (including phenoxy) is 1. The molecule has 0 bridgehead atoms. The van der Waals surface area contributed by atoms with Crippen LogP contribution < -0.4 is 10.6 Å². The second kappa shape index (κ2) is 11.2. The highest BCUT2D eigenvalue weighted by atomic mass is 32.1. The Bertz CT molecular complexity index is 906. The molecule has 0 radical (unpaired) electrons. The van der Waals surface area contributed by atoms with Crippen molar-refractivity contribution in [3.63, 3.8) is 0 Å². The van der Waals surface area contributed by atoms with Gasteiger partial charge in [-0.2, -0.15) is 0 Å². The quantitative estimate of drug-likeness (QED) is 0.364. The maximum atomic E-state index is 12.1. The van der Waals surface area contributed by atoms with E-state index in [0.29, 0.717) is 23.7 Å². The molecule has 1 aliphatic heterocycles. The molecule has 1 aliphatic rings. The molecule has 10 heteroatoms. The standard InChI is InChI=1S/C21H33N7O2S/c1-5-22-21(23-12-11-17-27-26-16-10-8-7-9-13-28(16)17)25-15(4)19-24-14(3)18(31-19)20(29)30-6-2/h15H,5-13H2,1-4H3,(H2,22,23,25). The van der Waals surface area contributed by atoms with Crippen molar-refractivity contribution < 1.29 is 9.53 Å². The minimum atomic E-state index is -0.316. The van der Waals surface area contributed by atoms with E-state index in [-0.39, 0.29) is 12.0 Å². The molecule has 2 aromatic heterocycles. The van der Waals surface area contributed by atoms with Crippen LogP contribution in [0.5, 0.6) is 0 Å². The fourth-order valence-electron chi connectivity index (χ4n) is 3.57. The zero-order valence-electron chi connectivity index (χ0n) is 18.9. The molecule has 0 saturated heterocycles. The van der Waals surface area contributed by atoms with Crippen LogP contribution in [0.25, 0.3) is 0 Å². The van der Waals surface area contributed by atoms with E-state index in [1.807, 2.05) is 20.8 Å². The summed E-state index contributed by atoms with van der Waals surface area (Å²) < 4.78 is 7.38. The molecule has 2 aromatic rings. The van der Waals surface area contributed by atoms with E-state index < -0.39 is 0 Å². The fourth-order valence-corrected chi connectivity index (χ4v) is 4.54. The van der Waals surface area contributed by atoms with Gasteiger partial charge >= 0.3 is 5.97 Å². The Labute approximate surface area is 187 Å². The number of esters is 1. The number of nitrogens with one attached hydrogen (secondary N) is 2. The highest BCUT2D eigenvalue weighted by molar-refractivity contribution is 7.13. The Balaban J connectivity index is 1.63. The van der Waals surface area contributed by atoms with Crippen LogP contribution >= 0.6 is 11.3 Å². The average molecular weight is 448 g/mol. The van der Waals surface area contributed by atoms with E-state index in [9.17, 15) is 4.79 Å². The van der Waals surface area contributed by atoms with Crippen LogP contribution in [0.15, 0.2) is 4.99 Å². The lowest BCUT2D eigenvalue weighted by atomic mass is 10.2. The summed E-state index contributed by atoms with van der Waals surface area (Å²) in [6, 6.07) is -0.0889. The first-order valence-electron chi connectivity index (χ1n) is 11.1. The molecule has 1 unspecified atom stereocenters. The van der Waals surface area contributed by atoms with Crippen molar-refractivity contribution in [3.05, 3.63) is 27.2 Å². The number of nitrogens with zero attached hydrogens (tertiary/aromatic N) is 5. The molecule has 2 N–H and O–H groups in total. The molecular formula is C21H33N7O2S. The first-order valence-corrected chi connectivity index (χ1v) is 11.9. The van der Waals surface area contributed by atoms with Crippen molar-refractivity contribution in [3.8, 4) is 0 Å². The van der Waals surface area contributed by atoms with Crippen molar-refractivity contribution in [2.75, 3.05) is 19.7 Å². The molecule has 0 saturated carbocycles. The Hall–Kier alpha value is -2.49. The first-order chi connectivity index (χ1) is 15.0. The molecule has 0 amide bonds. The zero-order chi connectivity index (χ0) is 22.2. The lowest BCUT2D eigenvalue weighted by Crippen LogP contribution is -2.38. The minimum Gasteiger partial charge on any atom is -0.462 e. The smallest absolute Gasteiger partial charge is 0.350 e. The van der Waals surface area contributed by atoms with Gasteiger partial charge in [0.2, 0.25) is 0 Å². The number of thiazole rings is 1. The van der Waals surface area contributed by atoms with Gasteiger partial charge < -0.3 is 19.9 Å². The van der Waals surface area contributed by atoms with Gasteiger partial charge in [0.25, 0.3) is 0 Å². The molecule has 0 aromatic carbocycles. The third-order valence-electron chi connectivity index (χ3n) is 5.13. The number of fused-ring (bicyclic) bond motifs is 1. The van der Waals surface area contributed by atoms with Gasteiger partial charge in [0.15, 0.2) is 5.96 Å². The summed E-state index contributed by atoms with van der Waals surface area (Å²) in [5, 5.41) is 16.3. The van der Waals surface area contributed by atoms with Crippen LogP contribution in [0.2, 0.25) is 0 Å². The summed E-state index contributed by atoms with van der Waals surface area (Å²) in [7, 11) is 0. The van der Waals surface area contributed by atoms with Crippen LogP contribution in [0.4, 0.5) is 0 Å². The molecule has 0 fully saturated rings. The average Bonchev–Trinajstić information content (AvgIpc) is 3.23. The fraction of sp³-hybridized carbons (Fsp3) is 0.667. The number of rotatable bonds is 8. The van der Waals surface area contributed by atoms with Gasteiger partial charge in [-0.3, -0.25) is 4.99 Å². The number of carbonyl (C=O) groups excluding carboxylic acids is 1. The largest absolute Gasteiger partial charge is 0.462 e. The number of aliphatic imine (C=N–C) groups is 1. The molecule has 1 atom stereocenters. The number of hydrogen-bond donors (Lipinski definition) is 2. The second-order valence-corrected chi connectivity index (χ2v) is 8.59. The van der Waals surface area contributed by atoms with Crippen LogP contribution in [-0.2, 0) is 24.1 Å². The van der Waals surface area contributed by atoms with Crippen molar-refractivity contribution in [2.24, 2.45) is 4.99 Å². The summed E-state index contributed by atoms with van der Waals surface area (Å²) >= 11 is 1.36. The van der Waals surface area contributed by atoms with Crippen molar-refractivity contribution in [1.29, 1.82) is 0 Å². The van der Waals surface area contributed by atoms with Crippen LogP contribution in [0.1, 0.15) is 78.1 Å². The van der Waals surface area contributed by atoms with E-state index in [1.54, 1.807) is 6.92 Å². The van der Waals surface area contributed by atoms with E-state index in [4.69, 9.17) is 9.73 Å². The predicted molar refractivity (Wildman–Crippen MR) is 122 cm³/mol. The van der Waals surface area contributed by atoms with Gasteiger partial charge in [-0.1, -0.05) is 6.42 Å². The number of aryl methyl sites for hydroxylation is 2. The third kappa shape index (κ3) is 6.03. The summed E-state index contributed by atoms with van der Waals surface area (Å²) in [4.78, 5) is 21.9. The second-order valence-electron chi connectivity index (χ2n) is 7.56. The molecule has 3 heterocycles. The van der Waals surface area contributed by atoms with Crippen LogP contribution in [-0.4, -0.2) is 51.4 Å². The summed E-state index contributed by atoms with van der Waals surface area (Å²) in [6.45, 7) is 10.4. The molecule has 0 spiro atoms. The van der Waals surface area contributed by atoms with Gasteiger partial charge in [0.1, 0.15) is 21.5 Å². The van der Waals surface area contributed by atoms with Crippen molar-refractivity contribution in [1.82, 2.24) is 30.4 Å². The van der Waals surface area contributed by atoms with Gasteiger partial charge in [-0.25, -0.2) is 9.78 Å². The number of guanidine groups is 1. The highest BCUT2D eigenvalue weighted by Gasteiger charge is 2.20. The number of hydrogen-bond acceptors (Lipinski definition) is 7. The lowest BCUT2D eigenvalue weighted by molar-refractivity contribution is 0.0531. The Morgan fingerprint density at radius 1 is 1.29 bits per heavy atom. The summed E-state index contributed by atoms with van der Waals surface area (Å²) in [6.07, 6.45) is 5.39. The predicted octanol–water partition coefficient (Wildman–Crippen LogP) is 2.80. The Morgan fingerprint density at radius 3 is 2.90 bits per heavy atom. The van der Waals surface area contributed by atoms with Crippen LogP contribution in [0, 0.1) is 6.92 Å². The molecule has 0 aliphatic carbocycles. The first kappa shape index (κ1) is 23.2. The maximum absolute atomic E-state index is 12.1. The van der Waals surface area contributed by atoms with E-state index in [2.05, 4.69) is 30.4 Å². The van der Waals surface area contributed by atoms with E-state index in [0.717, 1.165) is 48.5 Å². The Morgan fingerprint density at radius 2 is 2.13 bits per heavy atom. The van der Waals surface area contributed by atoms with Gasteiger partial charge in [-0.15, -0.1) is 21.5 Å². The Kier molecular flexibility index (Phi) is 8.39. The molecule has 31 heavy (non-hydrogen) atoms. The molecule has 3 rings (SSSR count). The van der Waals surface area contributed by atoms with Crippen molar-refractivity contribution >= 4 is 23.3 Å². The van der Waals surface area contributed by atoms with E-state index in [1.165, 1.54) is 30.6 Å². The lowest BCUT2D eigenvalue weighted by Gasteiger charge is -2.16. The summed E-state index contributed by atoms with van der Waals surface area (Å²) in [5.74, 6) is 2.52. The van der Waals surface area contributed by atoms with E-state index >= 15 is 0 Å². The van der Waals surface area contributed by atoms with Crippen LogP contribution in [0.3, 0.4) is 0 Å². The molecule has 9 nitrogen and oxygen atoms in total. The number of carbonyl (C=O) groups is 1. The third-order valence-corrected chi connectivity index (χ3v) is 6.45. The minimum absolute atomic E-state index is 0.0889. The SMILES string of the molecule is CCNC(=NCCc1nnc2n1CCCCC2)NC(C)c1nc(C)c(C(=O)OCC)s1. The van der Waals surface area contributed by atoms with Crippen molar-refractivity contribution in [2.45, 2.75) is 72.4 Å². The van der Waals surface area contributed by atoms with Gasteiger partial charge in [-0.05, 0) is 40.5 Å². The zero-order valence-corrected chi connectivity index (χ0v) is 19.7. The molecular weight excluding hydrogens is 414 g/mol.